The van der Waals surface area contributed by atoms with Crippen LogP contribution in [0.4, 0.5) is 0 Å². The molecule has 1 aliphatic heterocycles. The molecule has 2 aliphatic carbocycles. The number of ether oxygens (including phenoxy) is 1. The first kappa shape index (κ1) is 26.0. The summed E-state index contributed by atoms with van der Waals surface area (Å²) >= 11 is 0. The molecule has 1 heterocycles. The third-order valence-electron chi connectivity index (χ3n) is 7.41. The molecule has 0 radical (unpaired) electrons. The van der Waals surface area contributed by atoms with Gasteiger partial charge < -0.3 is 19.5 Å². The van der Waals surface area contributed by atoms with E-state index >= 15 is 0 Å². The van der Waals surface area contributed by atoms with Gasteiger partial charge in [-0.05, 0) is 49.4 Å². The van der Waals surface area contributed by atoms with E-state index < -0.39 is 34.0 Å². The summed E-state index contributed by atoms with van der Waals surface area (Å²) in [6.07, 6.45) is 2.99. The van der Waals surface area contributed by atoms with Crippen molar-refractivity contribution in [2.24, 2.45) is 22.7 Å². The van der Waals surface area contributed by atoms with Crippen molar-refractivity contribution in [3.8, 4) is 0 Å². The number of carbonyl (C=O) groups is 1. The summed E-state index contributed by atoms with van der Waals surface area (Å²) in [6, 6.07) is 0. The van der Waals surface area contributed by atoms with Crippen molar-refractivity contribution in [1.82, 2.24) is 0 Å². The van der Waals surface area contributed by atoms with E-state index in [-0.39, 0.29) is 65.6 Å². The second-order valence-electron chi connectivity index (χ2n) is 9.05. The van der Waals surface area contributed by atoms with Crippen LogP contribution in [0.2, 0.25) is 0 Å². The molecule has 0 spiro atoms. The fraction of sp³-hybridized carbons (Fsp3) is 0.750. The predicted octanol–water partition coefficient (Wildman–Crippen LogP) is -1.55. The topological polar surface area (TPSA) is 133 Å². The Labute approximate surface area is 200 Å². The van der Waals surface area contributed by atoms with Gasteiger partial charge in [-0.1, -0.05) is 32.1 Å². The Hall–Kier alpha value is -0.260. The Bertz CT molecular complexity index is 825. The monoisotopic (exact) mass is 452 g/mol. The average Bonchev–Trinajstić information content (AvgIpc) is 2.94. The van der Waals surface area contributed by atoms with Crippen LogP contribution in [0.3, 0.4) is 0 Å². The van der Waals surface area contributed by atoms with Crippen molar-refractivity contribution in [1.29, 1.82) is 0 Å². The molecule has 8 nitrogen and oxygen atoms in total. The van der Waals surface area contributed by atoms with Crippen LogP contribution in [-0.4, -0.2) is 54.6 Å². The van der Waals surface area contributed by atoms with Crippen LogP contribution in [0.25, 0.3) is 0 Å². The summed E-state index contributed by atoms with van der Waals surface area (Å²) in [5.41, 5.74) is 0.0483. The van der Waals surface area contributed by atoms with Gasteiger partial charge in [0.1, 0.15) is 12.7 Å². The molecule has 0 aromatic rings. The number of rotatable bonds is 5. The van der Waals surface area contributed by atoms with Gasteiger partial charge in [-0.3, -0.25) is 4.18 Å². The second kappa shape index (κ2) is 9.31. The van der Waals surface area contributed by atoms with Gasteiger partial charge >= 0.3 is 35.5 Å². The van der Waals surface area contributed by atoms with Gasteiger partial charge in [-0.2, -0.15) is 0 Å². The van der Waals surface area contributed by atoms with E-state index in [1.807, 2.05) is 0 Å². The van der Waals surface area contributed by atoms with Gasteiger partial charge in [0.05, 0.1) is 18.3 Å². The molecule has 3 aliphatic rings. The van der Waals surface area contributed by atoms with Gasteiger partial charge in [0, 0.05) is 5.41 Å². The van der Waals surface area contributed by atoms with Gasteiger partial charge in [-0.15, -0.1) is 0 Å². The molecule has 1 saturated heterocycles. The fourth-order valence-electron chi connectivity index (χ4n) is 5.74. The van der Waals surface area contributed by atoms with Gasteiger partial charge in [0.25, 0.3) is 0 Å². The molecular weight excluding hydrogens is 423 g/mol. The van der Waals surface area contributed by atoms with Crippen molar-refractivity contribution < 1.29 is 66.5 Å². The Morgan fingerprint density at radius 2 is 2.00 bits per heavy atom. The SMILES string of the molecule is C=C1CC[C@@H]2[C@](C)(COS(=O)(=O)[O-])[C@H](O)CC[C@@]2(C)C1C/C=C1/C(=O)OC[C@H]1O.[Na+]. The van der Waals surface area contributed by atoms with Crippen molar-refractivity contribution in [3.05, 3.63) is 23.8 Å². The van der Waals surface area contributed by atoms with Crippen LogP contribution in [0.1, 0.15) is 46.0 Å². The van der Waals surface area contributed by atoms with Crippen LogP contribution < -0.4 is 29.6 Å². The van der Waals surface area contributed by atoms with E-state index in [1.54, 1.807) is 13.0 Å². The number of hydrogen-bond donors (Lipinski definition) is 2. The number of cyclic esters (lactones) is 1. The minimum Gasteiger partial charge on any atom is -0.726 e. The molecule has 0 amide bonds. The van der Waals surface area contributed by atoms with Crippen LogP contribution in [0.15, 0.2) is 23.8 Å². The summed E-state index contributed by atoms with van der Waals surface area (Å²) in [7, 11) is -4.87. The summed E-state index contributed by atoms with van der Waals surface area (Å²) in [5, 5.41) is 20.6. The standard InChI is InChI=1S/C20H30O8S.Na/c1-12-4-7-16-19(2,14(12)6-5-13-15(21)10-27-18(13)23)9-8-17(22)20(16,3)11-28-29(24,25)26;/h5,14-17,21-22H,1,4,6-11H2,2-3H3,(H,24,25,26);/q;+1/p-1/b13-5+;/t14?,15-,16+,17-,19+,20+;/m1./s1. The third kappa shape index (κ3) is 4.88. The number of hydrogen-bond acceptors (Lipinski definition) is 8. The number of aliphatic hydroxyl groups is 2. The number of allylic oxidation sites excluding steroid dienone is 2. The fourth-order valence-corrected chi connectivity index (χ4v) is 6.14. The molecule has 2 saturated carbocycles. The van der Waals surface area contributed by atoms with E-state index in [0.717, 1.165) is 5.57 Å². The van der Waals surface area contributed by atoms with Crippen LogP contribution in [0, 0.1) is 22.7 Å². The molecule has 2 N–H and O–H groups in total. The van der Waals surface area contributed by atoms with E-state index in [1.165, 1.54) is 0 Å². The Balaban J connectivity index is 0.00000320. The van der Waals surface area contributed by atoms with Crippen LogP contribution >= 0.6 is 0 Å². The van der Waals surface area contributed by atoms with Gasteiger partial charge in [0.15, 0.2) is 0 Å². The first-order valence-electron chi connectivity index (χ1n) is 9.89. The Morgan fingerprint density at radius 1 is 1.33 bits per heavy atom. The number of esters is 1. The predicted molar refractivity (Wildman–Crippen MR) is 102 cm³/mol. The Morgan fingerprint density at radius 3 is 2.57 bits per heavy atom. The van der Waals surface area contributed by atoms with E-state index in [4.69, 9.17) is 4.74 Å². The largest absolute Gasteiger partial charge is 1.00 e. The summed E-state index contributed by atoms with van der Waals surface area (Å²) in [6.45, 7) is 7.67. The Kier molecular flexibility index (Phi) is 8.07. The van der Waals surface area contributed by atoms with Crippen LogP contribution in [-0.2, 0) is 24.1 Å². The molecule has 0 bridgehead atoms. The molecule has 3 rings (SSSR count). The number of fused-ring (bicyclic) bond motifs is 1. The molecule has 10 heteroatoms. The normalized spacial score (nSPS) is 40.6. The van der Waals surface area contributed by atoms with Crippen molar-refractivity contribution >= 4 is 16.4 Å². The smallest absolute Gasteiger partial charge is 0.726 e. The molecular formula is C20H29NaO8S. The second-order valence-corrected chi connectivity index (χ2v) is 10.1. The van der Waals surface area contributed by atoms with E-state index in [9.17, 15) is 28.0 Å². The van der Waals surface area contributed by atoms with Crippen molar-refractivity contribution in [2.75, 3.05) is 13.2 Å². The average molecular weight is 453 g/mol. The molecule has 30 heavy (non-hydrogen) atoms. The number of carbonyl (C=O) groups excluding carboxylic acids is 1. The zero-order chi connectivity index (χ0) is 21.6. The maximum atomic E-state index is 11.8. The first-order valence-corrected chi connectivity index (χ1v) is 11.2. The molecule has 0 aromatic carbocycles. The van der Waals surface area contributed by atoms with E-state index in [0.29, 0.717) is 32.1 Å². The zero-order valence-corrected chi connectivity index (χ0v) is 20.6. The van der Waals surface area contributed by atoms with Crippen molar-refractivity contribution in [3.63, 3.8) is 0 Å². The van der Waals surface area contributed by atoms with Crippen molar-refractivity contribution in [2.45, 2.75) is 58.2 Å². The quantitative estimate of drug-likeness (QED) is 0.128. The molecule has 164 valence electrons. The van der Waals surface area contributed by atoms with Crippen LogP contribution in [0.5, 0.6) is 0 Å². The molecule has 3 fully saturated rings. The molecule has 0 aromatic heterocycles. The van der Waals surface area contributed by atoms with Gasteiger partial charge in [0.2, 0.25) is 10.4 Å². The minimum atomic E-state index is -4.87. The van der Waals surface area contributed by atoms with Gasteiger partial charge in [-0.25, -0.2) is 13.2 Å². The summed E-state index contributed by atoms with van der Waals surface area (Å²) in [4.78, 5) is 11.8. The molecule has 6 atom stereocenters. The van der Waals surface area contributed by atoms with E-state index in [2.05, 4.69) is 17.7 Å². The maximum Gasteiger partial charge on any atom is 1.00 e. The minimum absolute atomic E-state index is 0. The third-order valence-corrected chi connectivity index (χ3v) is 7.81. The maximum absolute atomic E-state index is 11.8. The number of aliphatic hydroxyl groups excluding tert-OH is 2. The first-order chi connectivity index (χ1) is 13.4. The zero-order valence-electron chi connectivity index (χ0n) is 17.8. The summed E-state index contributed by atoms with van der Waals surface area (Å²) < 4.78 is 42.6. The summed E-state index contributed by atoms with van der Waals surface area (Å²) in [5.74, 6) is -0.640. The molecule has 1 unspecified atom stereocenters.